The highest BCUT2D eigenvalue weighted by atomic mass is 32.1. The molecule has 2 rings (SSSR count). The quantitative estimate of drug-likeness (QED) is 0.604. The maximum atomic E-state index is 11.8. The number of rotatable bonds is 5. The standard InChI is InChI=1S/C12H18N4O4S/c13-10(17)3-16-1-2-20-7-12(19,6-16)5-14-11(18)9-4-21-8-15-9/h4,8,19H,1-3,5-7H2,(H2,13,17)(H,14,18)/t12-/m1/s1. The first-order valence-electron chi connectivity index (χ1n) is 6.46. The van der Waals surface area contributed by atoms with Crippen molar-refractivity contribution in [3.8, 4) is 0 Å². The van der Waals surface area contributed by atoms with Gasteiger partial charge in [0, 0.05) is 18.5 Å². The van der Waals surface area contributed by atoms with Crippen molar-refractivity contribution in [3.63, 3.8) is 0 Å². The molecule has 1 aliphatic rings. The molecule has 0 radical (unpaired) electrons. The molecule has 8 nitrogen and oxygen atoms in total. The number of carbonyl (C=O) groups is 2. The van der Waals surface area contributed by atoms with E-state index in [4.69, 9.17) is 10.5 Å². The summed E-state index contributed by atoms with van der Waals surface area (Å²) in [5.41, 5.74) is 5.78. The lowest BCUT2D eigenvalue weighted by atomic mass is 10.0. The molecule has 1 fully saturated rings. The monoisotopic (exact) mass is 314 g/mol. The highest BCUT2D eigenvalue weighted by Crippen LogP contribution is 2.12. The van der Waals surface area contributed by atoms with Crippen LogP contribution in [0.25, 0.3) is 0 Å². The molecule has 21 heavy (non-hydrogen) atoms. The average molecular weight is 314 g/mol. The van der Waals surface area contributed by atoms with Crippen LogP contribution in [0.1, 0.15) is 10.5 Å². The number of hydrogen-bond donors (Lipinski definition) is 3. The lowest BCUT2D eigenvalue weighted by Crippen LogP contribution is -2.53. The van der Waals surface area contributed by atoms with E-state index in [-0.39, 0.29) is 32.1 Å². The van der Waals surface area contributed by atoms with E-state index in [1.54, 1.807) is 15.8 Å². The summed E-state index contributed by atoms with van der Waals surface area (Å²) in [6.07, 6.45) is 0. The molecule has 0 bridgehead atoms. The number of nitrogens with one attached hydrogen (secondary N) is 1. The molecule has 1 saturated heterocycles. The number of amides is 2. The van der Waals surface area contributed by atoms with Gasteiger partial charge in [-0.1, -0.05) is 0 Å². The molecule has 1 aliphatic heterocycles. The van der Waals surface area contributed by atoms with Crippen LogP contribution in [-0.4, -0.2) is 71.8 Å². The molecule has 0 spiro atoms. The highest BCUT2D eigenvalue weighted by Gasteiger charge is 2.33. The largest absolute Gasteiger partial charge is 0.384 e. The van der Waals surface area contributed by atoms with E-state index in [9.17, 15) is 14.7 Å². The van der Waals surface area contributed by atoms with Gasteiger partial charge in [0.25, 0.3) is 5.91 Å². The molecule has 1 aromatic heterocycles. The van der Waals surface area contributed by atoms with Gasteiger partial charge in [-0.15, -0.1) is 11.3 Å². The molecule has 1 atom stereocenters. The number of carbonyl (C=O) groups excluding carboxylic acids is 2. The Morgan fingerprint density at radius 3 is 3.10 bits per heavy atom. The van der Waals surface area contributed by atoms with Gasteiger partial charge < -0.3 is 20.9 Å². The van der Waals surface area contributed by atoms with E-state index in [0.29, 0.717) is 18.8 Å². The number of aromatic nitrogens is 1. The van der Waals surface area contributed by atoms with Crippen LogP contribution in [0.5, 0.6) is 0 Å². The lowest BCUT2D eigenvalue weighted by molar-refractivity contribution is -0.119. The summed E-state index contributed by atoms with van der Waals surface area (Å²) in [5.74, 6) is -0.818. The molecule has 4 N–H and O–H groups in total. The van der Waals surface area contributed by atoms with Crippen molar-refractivity contribution in [2.24, 2.45) is 5.73 Å². The van der Waals surface area contributed by atoms with Gasteiger partial charge in [0.05, 0.1) is 31.8 Å². The average Bonchev–Trinajstić information content (AvgIpc) is 2.88. The SMILES string of the molecule is NC(=O)CN1CCOC[C@@](O)(CNC(=O)c2cscn2)C1. The lowest BCUT2D eigenvalue weighted by Gasteiger charge is -2.30. The fraction of sp³-hybridized carbons (Fsp3) is 0.583. The summed E-state index contributed by atoms with van der Waals surface area (Å²) in [7, 11) is 0. The molecular weight excluding hydrogens is 296 g/mol. The smallest absolute Gasteiger partial charge is 0.270 e. The second kappa shape index (κ2) is 6.94. The zero-order valence-electron chi connectivity index (χ0n) is 11.4. The van der Waals surface area contributed by atoms with Crippen LogP contribution in [-0.2, 0) is 9.53 Å². The van der Waals surface area contributed by atoms with Crippen LogP contribution in [0, 0.1) is 0 Å². The van der Waals surface area contributed by atoms with E-state index in [2.05, 4.69) is 10.3 Å². The number of hydrogen-bond acceptors (Lipinski definition) is 7. The van der Waals surface area contributed by atoms with Crippen molar-refractivity contribution in [1.82, 2.24) is 15.2 Å². The Kier molecular flexibility index (Phi) is 5.23. The van der Waals surface area contributed by atoms with Crippen molar-refractivity contribution >= 4 is 23.2 Å². The van der Waals surface area contributed by atoms with Crippen LogP contribution in [0.2, 0.25) is 0 Å². The van der Waals surface area contributed by atoms with Gasteiger partial charge in [-0.2, -0.15) is 0 Å². The van der Waals surface area contributed by atoms with Crippen LogP contribution in [0.3, 0.4) is 0 Å². The molecule has 1 aromatic rings. The fourth-order valence-corrected chi connectivity index (χ4v) is 2.65. The minimum absolute atomic E-state index is 0.0125. The summed E-state index contributed by atoms with van der Waals surface area (Å²) in [6.45, 7) is 1.25. The number of nitrogens with two attached hydrogens (primary N) is 1. The van der Waals surface area contributed by atoms with Crippen LogP contribution in [0.15, 0.2) is 10.9 Å². The Morgan fingerprint density at radius 1 is 1.62 bits per heavy atom. The van der Waals surface area contributed by atoms with Gasteiger partial charge >= 0.3 is 0 Å². The number of ether oxygens (including phenoxy) is 1. The van der Waals surface area contributed by atoms with Gasteiger partial charge in [-0.05, 0) is 0 Å². The molecule has 0 aliphatic carbocycles. The van der Waals surface area contributed by atoms with E-state index < -0.39 is 11.5 Å². The number of primary amides is 1. The molecule has 2 amide bonds. The van der Waals surface area contributed by atoms with E-state index >= 15 is 0 Å². The first kappa shape index (κ1) is 15.8. The highest BCUT2D eigenvalue weighted by molar-refractivity contribution is 7.07. The van der Waals surface area contributed by atoms with Gasteiger partial charge in [0.15, 0.2) is 0 Å². The van der Waals surface area contributed by atoms with E-state index in [1.807, 2.05) is 0 Å². The Bertz CT molecular complexity index is 495. The Hall–Kier alpha value is -1.55. The maximum Gasteiger partial charge on any atom is 0.270 e. The van der Waals surface area contributed by atoms with Crippen LogP contribution >= 0.6 is 11.3 Å². The summed E-state index contributed by atoms with van der Waals surface area (Å²) < 4.78 is 5.34. The minimum Gasteiger partial charge on any atom is -0.384 e. The number of thiazole rings is 1. The maximum absolute atomic E-state index is 11.8. The second-order valence-corrected chi connectivity index (χ2v) is 5.73. The Labute approximate surface area is 125 Å². The molecule has 2 heterocycles. The first-order valence-corrected chi connectivity index (χ1v) is 7.40. The molecular formula is C12H18N4O4S. The summed E-state index contributed by atoms with van der Waals surface area (Å²) in [6, 6.07) is 0. The van der Waals surface area contributed by atoms with Crippen molar-refractivity contribution in [2.45, 2.75) is 5.60 Å². The van der Waals surface area contributed by atoms with E-state index in [0.717, 1.165) is 0 Å². The molecule has 0 saturated carbocycles. The van der Waals surface area contributed by atoms with Gasteiger partial charge in [0.1, 0.15) is 11.3 Å². The van der Waals surface area contributed by atoms with Crippen LogP contribution < -0.4 is 11.1 Å². The third kappa shape index (κ3) is 4.74. The molecule has 0 aromatic carbocycles. The Morgan fingerprint density at radius 2 is 2.43 bits per heavy atom. The van der Waals surface area contributed by atoms with Crippen molar-refractivity contribution in [3.05, 3.63) is 16.6 Å². The number of aliphatic hydroxyl groups is 1. The summed E-state index contributed by atoms with van der Waals surface area (Å²) >= 11 is 1.32. The normalized spacial score (nSPS) is 23.5. The van der Waals surface area contributed by atoms with Crippen molar-refractivity contribution in [1.29, 1.82) is 0 Å². The van der Waals surface area contributed by atoms with Gasteiger partial charge in [-0.3, -0.25) is 14.5 Å². The van der Waals surface area contributed by atoms with Crippen molar-refractivity contribution in [2.75, 3.05) is 39.4 Å². The summed E-state index contributed by atoms with van der Waals surface area (Å²) in [4.78, 5) is 28.4. The molecule has 116 valence electrons. The van der Waals surface area contributed by atoms with Crippen molar-refractivity contribution < 1.29 is 19.4 Å². The van der Waals surface area contributed by atoms with Gasteiger partial charge in [0.2, 0.25) is 5.91 Å². The predicted molar refractivity (Wildman–Crippen MR) is 75.9 cm³/mol. The fourth-order valence-electron chi connectivity index (χ4n) is 2.12. The minimum atomic E-state index is -1.27. The molecule has 0 unspecified atom stereocenters. The number of β-amino-alcohol motifs (C(OH)–C–C–N with tert-alkyl or cyclic N) is 1. The zero-order chi connectivity index (χ0) is 15.3. The third-order valence-electron chi connectivity index (χ3n) is 3.06. The van der Waals surface area contributed by atoms with E-state index in [1.165, 1.54) is 11.3 Å². The summed E-state index contributed by atoms with van der Waals surface area (Å²) in [5, 5.41) is 14.8. The number of nitrogens with zero attached hydrogens (tertiary/aromatic N) is 2. The Balaban J connectivity index is 1.92. The zero-order valence-corrected chi connectivity index (χ0v) is 12.3. The topological polar surface area (TPSA) is 118 Å². The third-order valence-corrected chi connectivity index (χ3v) is 3.65. The van der Waals surface area contributed by atoms with Gasteiger partial charge in [-0.25, -0.2) is 4.98 Å². The first-order chi connectivity index (χ1) is 9.98. The second-order valence-electron chi connectivity index (χ2n) is 5.01. The molecule has 9 heteroatoms. The van der Waals surface area contributed by atoms with Crippen LogP contribution in [0.4, 0.5) is 0 Å². The predicted octanol–water partition coefficient (Wildman–Crippen LogP) is -1.58.